The number of aryl methyl sites for hydroxylation is 2. The van der Waals surface area contributed by atoms with Crippen molar-refractivity contribution in [1.29, 1.82) is 0 Å². The molecule has 0 spiro atoms. The van der Waals surface area contributed by atoms with Gasteiger partial charge in [0, 0.05) is 13.1 Å². The van der Waals surface area contributed by atoms with Crippen molar-refractivity contribution in [1.82, 2.24) is 4.31 Å². The van der Waals surface area contributed by atoms with Crippen molar-refractivity contribution in [2.45, 2.75) is 68.7 Å². The zero-order valence-corrected chi connectivity index (χ0v) is 13.7. The number of fused-ring (bicyclic) bond motifs is 1. The van der Waals surface area contributed by atoms with Crippen LogP contribution in [-0.2, 0) is 22.9 Å². The maximum atomic E-state index is 12.9. The van der Waals surface area contributed by atoms with Crippen LogP contribution in [0, 0.1) is 0 Å². The van der Waals surface area contributed by atoms with Gasteiger partial charge in [-0.2, -0.15) is 4.31 Å². The van der Waals surface area contributed by atoms with Crippen molar-refractivity contribution >= 4 is 10.0 Å². The van der Waals surface area contributed by atoms with Gasteiger partial charge >= 0.3 is 0 Å². The molecule has 0 N–H and O–H groups in total. The zero-order valence-electron chi connectivity index (χ0n) is 12.8. The van der Waals surface area contributed by atoms with Crippen molar-refractivity contribution in [2.75, 3.05) is 7.05 Å². The molecule has 2 aliphatic carbocycles. The first-order chi connectivity index (χ1) is 10.1. The van der Waals surface area contributed by atoms with Crippen LogP contribution in [0.5, 0.6) is 0 Å². The number of rotatable bonds is 3. The molecule has 3 nitrogen and oxygen atoms in total. The molecule has 0 saturated heterocycles. The van der Waals surface area contributed by atoms with E-state index in [1.807, 2.05) is 12.1 Å². The highest BCUT2D eigenvalue weighted by atomic mass is 32.2. The summed E-state index contributed by atoms with van der Waals surface area (Å²) in [5, 5.41) is 0. The average molecular weight is 307 g/mol. The molecule has 0 heterocycles. The van der Waals surface area contributed by atoms with Crippen LogP contribution in [0.15, 0.2) is 23.1 Å². The van der Waals surface area contributed by atoms with Crippen molar-refractivity contribution in [3.8, 4) is 0 Å². The topological polar surface area (TPSA) is 37.4 Å². The highest BCUT2D eigenvalue weighted by Crippen LogP contribution is 2.29. The second kappa shape index (κ2) is 6.09. The molecule has 21 heavy (non-hydrogen) atoms. The van der Waals surface area contributed by atoms with Gasteiger partial charge in [-0.3, -0.25) is 0 Å². The molecule has 1 aromatic rings. The summed E-state index contributed by atoms with van der Waals surface area (Å²) >= 11 is 0. The van der Waals surface area contributed by atoms with Gasteiger partial charge in [0.15, 0.2) is 0 Å². The molecule has 0 atom stereocenters. The monoisotopic (exact) mass is 307 g/mol. The largest absolute Gasteiger partial charge is 0.243 e. The minimum atomic E-state index is -3.34. The molecule has 0 unspecified atom stereocenters. The van der Waals surface area contributed by atoms with E-state index in [0.717, 1.165) is 44.9 Å². The summed E-state index contributed by atoms with van der Waals surface area (Å²) in [5.74, 6) is 0. The van der Waals surface area contributed by atoms with E-state index in [2.05, 4.69) is 0 Å². The Morgan fingerprint density at radius 1 is 0.952 bits per heavy atom. The molecule has 0 bridgehead atoms. The van der Waals surface area contributed by atoms with Gasteiger partial charge in [-0.25, -0.2) is 8.42 Å². The Labute approximate surface area is 128 Å². The van der Waals surface area contributed by atoms with E-state index in [-0.39, 0.29) is 6.04 Å². The molecule has 1 saturated carbocycles. The first-order valence-corrected chi connectivity index (χ1v) is 9.63. The maximum absolute atomic E-state index is 12.9. The van der Waals surface area contributed by atoms with E-state index in [9.17, 15) is 8.42 Å². The highest BCUT2D eigenvalue weighted by molar-refractivity contribution is 7.89. The van der Waals surface area contributed by atoms with Crippen molar-refractivity contribution in [2.24, 2.45) is 0 Å². The van der Waals surface area contributed by atoms with E-state index in [1.165, 1.54) is 24.0 Å². The Bertz CT molecular complexity index is 601. The first kappa shape index (κ1) is 15.0. The van der Waals surface area contributed by atoms with Crippen LogP contribution in [0.4, 0.5) is 0 Å². The molecule has 1 fully saturated rings. The van der Waals surface area contributed by atoms with Crippen molar-refractivity contribution in [3.63, 3.8) is 0 Å². The van der Waals surface area contributed by atoms with Crippen LogP contribution in [-0.4, -0.2) is 25.8 Å². The van der Waals surface area contributed by atoms with Gasteiger partial charge < -0.3 is 0 Å². The predicted octanol–water partition coefficient (Wildman–Crippen LogP) is 3.52. The van der Waals surface area contributed by atoms with Gasteiger partial charge in [-0.15, -0.1) is 0 Å². The zero-order chi connectivity index (χ0) is 14.9. The van der Waals surface area contributed by atoms with Gasteiger partial charge in [0.25, 0.3) is 0 Å². The van der Waals surface area contributed by atoms with E-state index in [4.69, 9.17) is 0 Å². The van der Waals surface area contributed by atoms with Gasteiger partial charge in [0.2, 0.25) is 10.0 Å². The van der Waals surface area contributed by atoms with E-state index >= 15 is 0 Å². The van der Waals surface area contributed by atoms with Gasteiger partial charge in [0.1, 0.15) is 0 Å². The second-order valence-corrected chi connectivity index (χ2v) is 8.45. The van der Waals surface area contributed by atoms with Crippen molar-refractivity contribution in [3.05, 3.63) is 29.3 Å². The molecule has 3 rings (SSSR count). The number of hydrogen-bond acceptors (Lipinski definition) is 2. The summed E-state index contributed by atoms with van der Waals surface area (Å²) in [6.45, 7) is 0. The van der Waals surface area contributed by atoms with Crippen LogP contribution in [0.1, 0.15) is 56.1 Å². The lowest BCUT2D eigenvalue weighted by Crippen LogP contribution is -2.36. The predicted molar refractivity (Wildman–Crippen MR) is 84.9 cm³/mol. The van der Waals surface area contributed by atoms with Gasteiger partial charge in [0.05, 0.1) is 4.90 Å². The first-order valence-electron chi connectivity index (χ1n) is 8.19. The van der Waals surface area contributed by atoms with Crippen LogP contribution >= 0.6 is 0 Å². The molecule has 2 aliphatic rings. The highest BCUT2D eigenvalue weighted by Gasteiger charge is 2.29. The van der Waals surface area contributed by atoms with Crippen molar-refractivity contribution < 1.29 is 8.42 Å². The number of nitrogens with zero attached hydrogens (tertiary/aromatic N) is 1. The molecule has 0 radical (unpaired) electrons. The Morgan fingerprint density at radius 2 is 1.62 bits per heavy atom. The molecule has 116 valence electrons. The number of sulfonamides is 1. The lowest BCUT2D eigenvalue weighted by molar-refractivity contribution is 0.335. The van der Waals surface area contributed by atoms with E-state index < -0.39 is 10.0 Å². The molecular formula is C17H25NO2S. The number of benzene rings is 1. The fourth-order valence-electron chi connectivity index (χ4n) is 3.69. The molecule has 1 aromatic carbocycles. The fourth-order valence-corrected chi connectivity index (χ4v) is 5.16. The molecular weight excluding hydrogens is 282 g/mol. The van der Waals surface area contributed by atoms with Crippen LogP contribution in [0.3, 0.4) is 0 Å². The Morgan fingerprint density at radius 3 is 2.33 bits per heavy atom. The van der Waals surface area contributed by atoms with Gasteiger partial charge in [-0.1, -0.05) is 31.7 Å². The minimum absolute atomic E-state index is 0.172. The van der Waals surface area contributed by atoms with E-state index in [0.29, 0.717) is 4.90 Å². The summed E-state index contributed by atoms with van der Waals surface area (Å²) in [4.78, 5) is 0.481. The summed E-state index contributed by atoms with van der Waals surface area (Å²) in [7, 11) is -1.58. The number of hydrogen-bond donors (Lipinski definition) is 0. The summed E-state index contributed by atoms with van der Waals surface area (Å²) < 4.78 is 27.4. The molecule has 0 aromatic heterocycles. The molecule has 0 amide bonds. The summed E-state index contributed by atoms with van der Waals surface area (Å²) in [6.07, 6.45) is 10.0. The lowest BCUT2D eigenvalue weighted by Gasteiger charge is -2.26. The SMILES string of the molecule is CN(C1CCCCCC1)S(=O)(=O)c1ccc2c(c1)CCC2. The summed E-state index contributed by atoms with van der Waals surface area (Å²) in [5.41, 5.74) is 2.55. The third-order valence-corrected chi connectivity index (χ3v) is 6.99. The maximum Gasteiger partial charge on any atom is 0.243 e. The molecule has 0 aliphatic heterocycles. The molecule has 4 heteroatoms. The average Bonchev–Trinajstić information content (AvgIpc) is 2.78. The Balaban J connectivity index is 1.85. The van der Waals surface area contributed by atoms with E-state index in [1.54, 1.807) is 17.4 Å². The second-order valence-electron chi connectivity index (χ2n) is 6.45. The normalized spacial score (nSPS) is 20.5. The Kier molecular flexibility index (Phi) is 4.36. The summed E-state index contributed by atoms with van der Waals surface area (Å²) in [6, 6.07) is 5.89. The quantitative estimate of drug-likeness (QED) is 0.801. The fraction of sp³-hybridized carbons (Fsp3) is 0.647. The minimum Gasteiger partial charge on any atom is -0.207 e. The lowest BCUT2D eigenvalue weighted by atomic mass is 10.1. The third kappa shape index (κ3) is 3.02. The third-order valence-electron chi connectivity index (χ3n) is 5.09. The Hall–Kier alpha value is -0.870. The smallest absolute Gasteiger partial charge is 0.207 e. The van der Waals surface area contributed by atoms with Gasteiger partial charge in [-0.05, 0) is 55.4 Å². The van der Waals surface area contributed by atoms with Crippen LogP contribution in [0.2, 0.25) is 0 Å². The standard InChI is InChI=1S/C17H25NO2S/c1-18(16-9-4-2-3-5-10-16)21(19,20)17-12-11-14-7-6-8-15(14)13-17/h11-13,16H,2-10H2,1H3. The van der Waals surface area contributed by atoms with Crippen LogP contribution in [0.25, 0.3) is 0 Å². The van der Waals surface area contributed by atoms with Crippen LogP contribution < -0.4 is 0 Å².